The van der Waals surface area contributed by atoms with E-state index >= 15 is 0 Å². The lowest BCUT2D eigenvalue weighted by molar-refractivity contribution is 1.17. The Morgan fingerprint density at radius 1 is 1.11 bits per heavy atom. The van der Waals surface area contributed by atoms with Gasteiger partial charge in [-0.1, -0.05) is 49.1 Å². The van der Waals surface area contributed by atoms with E-state index in [0.717, 1.165) is 17.0 Å². The summed E-state index contributed by atoms with van der Waals surface area (Å²) in [5, 5.41) is 0. The monoisotopic (exact) mass is 235 g/mol. The van der Waals surface area contributed by atoms with E-state index < -0.39 is 0 Å². The summed E-state index contributed by atoms with van der Waals surface area (Å²) in [7, 11) is 0. The molecule has 0 bridgehead atoms. The molecule has 0 aliphatic heterocycles. The number of aromatic nitrogens is 1. The third kappa shape index (κ3) is 2.57. The molecule has 0 spiro atoms. The zero-order valence-corrected chi connectivity index (χ0v) is 10.9. The molecule has 2 aromatic rings. The third-order valence-electron chi connectivity index (χ3n) is 2.89. The second-order valence-corrected chi connectivity index (χ2v) is 4.20. The number of aryl methyl sites for hydroxylation is 1. The maximum atomic E-state index is 4.56. The van der Waals surface area contributed by atoms with Crippen molar-refractivity contribution in [1.29, 1.82) is 0 Å². The number of benzene rings is 1. The molecule has 0 N–H and O–H groups in total. The average molecular weight is 235 g/mol. The van der Waals surface area contributed by atoms with Crippen LogP contribution in [0, 0.1) is 6.92 Å². The van der Waals surface area contributed by atoms with Crippen LogP contribution in [-0.4, -0.2) is 4.98 Å². The molecule has 0 fully saturated rings. The van der Waals surface area contributed by atoms with Gasteiger partial charge < -0.3 is 0 Å². The van der Waals surface area contributed by atoms with Crippen molar-refractivity contribution < 1.29 is 0 Å². The molecule has 0 saturated carbocycles. The van der Waals surface area contributed by atoms with Crippen LogP contribution in [0.5, 0.6) is 0 Å². The molecule has 0 atom stereocenters. The van der Waals surface area contributed by atoms with Gasteiger partial charge in [0.1, 0.15) is 0 Å². The number of hydrogen-bond acceptors (Lipinski definition) is 1. The molecule has 0 saturated heterocycles. The summed E-state index contributed by atoms with van der Waals surface area (Å²) in [5.74, 6) is 0. The molecule has 0 amide bonds. The maximum absolute atomic E-state index is 4.56. The third-order valence-corrected chi connectivity index (χ3v) is 2.89. The zero-order chi connectivity index (χ0) is 13.0. The van der Waals surface area contributed by atoms with Crippen LogP contribution in [0.1, 0.15) is 18.3 Å². The second-order valence-electron chi connectivity index (χ2n) is 4.20. The van der Waals surface area contributed by atoms with Gasteiger partial charge >= 0.3 is 0 Å². The van der Waals surface area contributed by atoms with Crippen LogP contribution in [0.3, 0.4) is 0 Å². The molecule has 1 heteroatoms. The topological polar surface area (TPSA) is 12.9 Å². The van der Waals surface area contributed by atoms with Crippen LogP contribution in [0.15, 0.2) is 61.2 Å². The van der Waals surface area contributed by atoms with Gasteiger partial charge in [0.25, 0.3) is 0 Å². The lowest BCUT2D eigenvalue weighted by Gasteiger charge is -2.07. The van der Waals surface area contributed by atoms with E-state index in [-0.39, 0.29) is 0 Å². The molecule has 0 unspecified atom stereocenters. The van der Waals surface area contributed by atoms with E-state index in [1.54, 1.807) is 0 Å². The van der Waals surface area contributed by atoms with E-state index in [9.17, 15) is 0 Å². The molecule has 0 aliphatic rings. The molecule has 1 aromatic carbocycles. The second kappa shape index (κ2) is 5.46. The van der Waals surface area contributed by atoms with Crippen molar-refractivity contribution in [3.63, 3.8) is 0 Å². The molecule has 1 nitrogen and oxygen atoms in total. The number of nitrogens with zero attached hydrogens (tertiary/aromatic N) is 1. The SMILES string of the molecule is C=C/C(=C\C)c1cc(-c2ccccc2)cc(C)n1. The number of allylic oxidation sites excluding steroid dienone is 3. The number of rotatable bonds is 3. The van der Waals surface area contributed by atoms with Gasteiger partial charge in [-0.3, -0.25) is 4.98 Å². The van der Waals surface area contributed by atoms with Gasteiger partial charge in [0.15, 0.2) is 0 Å². The first kappa shape index (κ1) is 12.3. The Labute approximate surface area is 109 Å². The smallest absolute Gasteiger partial charge is 0.0707 e. The summed E-state index contributed by atoms with van der Waals surface area (Å²) in [5.41, 5.74) is 5.47. The van der Waals surface area contributed by atoms with Gasteiger partial charge in [-0.25, -0.2) is 0 Å². The standard InChI is InChI=1S/C17H17N/c1-4-14(5-2)17-12-16(11-13(3)18-17)15-9-7-6-8-10-15/h4-12H,1H2,2-3H3/b14-5+. The largest absolute Gasteiger partial charge is 0.253 e. The highest BCUT2D eigenvalue weighted by Crippen LogP contribution is 2.23. The molecule has 1 heterocycles. The molecule has 90 valence electrons. The summed E-state index contributed by atoms with van der Waals surface area (Å²) in [4.78, 5) is 4.56. The van der Waals surface area contributed by atoms with Crippen LogP contribution in [0.25, 0.3) is 16.7 Å². The van der Waals surface area contributed by atoms with E-state index in [2.05, 4.69) is 48.0 Å². The Balaban J connectivity index is 2.54. The summed E-state index contributed by atoms with van der Waals surface area (Å²) in [6, 6.07) is 14.6. The first-order valence-corrected chi connectivity index (χ1v) is 6.08. The zero-order valence-electron chi connectivity index (χ0n) is 10.9. The Morgan fingerprint density at radius 2 is 1.83 bits per heavy atom. The lowest BCUT2D eigenvalue weighted by atomic mass is 10.0. The Kier molecular flexibility index (Phi) is 3.73. The van der Waals surface area contributed by atoms with Crippen molar-refractivity contribution in [2.24, 2.45) is 0 Å². The Hall–Kier alpha value is -2.15. The highest BCUT2D eigenvalue weighted by molar-refractivity contribution is 5.75. The summed E-state index contributed by atoms with van der Waals surface area (Å²) in [6.45, 7) is 7.86. The minimum Gasteiger partial charge on any atom is -0.253 e. The summed E-state index contributed by atoms with van der Waals surface area (Å²) >= 11 is 0. The highest BCUT2D eigenvalue weighted by atomic mass is 14.7. The van der Waals surface area contributed by atoms with Crippen LogP contribution < -0.4 is 0 Å². The fraction of sp³-hybridized carbons (Fsp3) is 0.118. The van der Waals surface area contributed by atoms with E-state index in [4.69, 9.17) is 0 Å². The predicted octanol–water partition coefficient (Wildman–Crippen LogP) is 4.65. The van der Waals surface area contributed by atoms with Gasteiger partial charge in [0.05, 0.1) is 5.69 Å². The van der Waals surface area contributed by atoms with E-state index in [1.807, 2.05) is 32.1 Å². The van der Waals surface area contributed by atoms with Crippen molar-refractivity contribution in [2.75, 3.05) is 0 Å². The minimum atomic E-state index is 0.978. The molecule has 18 heavy (non-hydrogen) atoms. The van der Waals surface area contributed by atoms with Gasteiger partial charge in [0.2, 0.25) is 0 Å². The van der Waals surface area contributed by atoms with Crippen LogP contribution >= 0.6 is 0 Å². The number of hydrogen-bond donors (Lipinski definition) is 0. The minimum absolute atomic E-state index is 0.978. The van der Waals surface area contributed by atoms with Gasteiger partial charge in [0, 0.05) is 5.69 Å². The van der Waals surface area contributed by atoms with Crippen molar-refractivity contribution >= 4 is 5.57 Å². The maximum Gasteiger partial charge on any atom is 0.0707 e. The van der Waals surface area contributed by atoms with Crippen molar-refractivity contribution in [2.45, 2.75) is 13.8 Å². The van der Waals surface area contributed by atoms with Gasteiger partial charge in [-0.05, 0) is 42.7 Å². The van der Waals surface area contributed by atoms with Crippen molar-refractivity contribution in [3.8, 4) is 11.1 Å². The average Bonchev–Trinajstić information content (AvgIpc) is 2.40. The summed E-state index contributed by atoms with van der Waals surface area (Å²) in [6.07, 6.45) is 3.88. The molecule has 0 radical (unpaired) electrons. The normalized spacial score (nSPS) is 11.3. The van der Waals surface area contributed by atoms with Crippen molar-refractivity contribution in [1.82, 2.24) is 4.98 Å². The fourth-order valence-corrected chi connectivity index (χ4v) is 1.98. The Bertz CT molecular complexity index is 580. The molecule has 2 rings (SSSR count). The first-order chi connectivity index (χ1) is 8.74. The quantitative estimate of drug-likeness (QED) is 0.706. The van der Waals surface area contributed by atoms with Crippen LogP contribution in [0.2, 0.25) is 0 Å². The molecule has 0 aliphatic carbocycles. The first-order valence-electron chi connectivity index (χ1n) is 6.08. The van der Waals surface area contributed by atoms with Crippen molar-refractivity contribution in [3.05, 3.63) is 72.6 Å². The molecular formula is C17H17N. The highest BCUT2D eigenvalue weighted by Gasteiger charge is 2.04. The summed E-state index contributed by atoms with van der Waals surface area (Å²) < 4.78 is 0. The van der Waals surface area contributed by atoms with E-state index in [0.29, 0.717) is 0 Å². The lowest BCUT2D eigenvalue weighted by Crippen LogP contribution is -1.92. The van der Waals surface area contributed by atoms with Crippen LogP contribution in [-0.2, 0) is 0 Å². The Morgan fingerprint density at radius 3 is 2.44 bits per heavy atom. The molecule has 1 aromatic heterocycles. The fourth-order valence-electron chi connectivity index (χ4n) is 1.98. The van der Waals surface area contributed by atoms with Gasteiger partial charge in [-0.15, -0.1) is 0 Å². The van der Waals surface area contributed by atoms with Crippen LogP contribution in [0.4, 0.5) is 0 Å². The molecular weight excluding hydrogens is 218 g/mol. The van der Waals surface area contributed by atoms with E-state index in [1.165, 1.54) is 11.1 Å². The predicted molar refractivity (Wildman–Crippen MR) is 78.3 cm³/mol. The van der Waals surface area contributed by atoms with Gasteiger partial charge in [-0.2, -0.15) is 0 Å². The number of pyridine rings is 1.